The van der Waals surface area contributed by atoms with Crippen LogP contribution in [0.1, 0.15) is 35.7 Å². The zero-order valence-corrected chi connectivity index (χ0v) is 16.5. The summed E-state index contributed by atoms with van der Waals surface area (Å²) in [5.41, 5.74) is 2.86. The number of urea groups is 1. The van der Waals surface area contributed by atoms with Crippen molar-refractivity contribution >= 4 is 23.3 Å². The largest absolute Gasteiger partial charge is 0.334 e. The number of nitrogens with zero attached hydrogens (tertiary/aromatic N) is 1. The summed E-state index contributed by atoms with van der Waals surface area (Å²) in [7, 11) is 0. The van der Waals surface area contributed by atoms with E-state index in [2.05, 4.69) is 22.9 Å². The molecule has 28 heavy (non-hydrogen) atoms. The van der Waals surface area contributed by atoms with Gasteiger partial charge in [0.2, 0.25) is 0 Å². The molecule has 6 nitrogen and oxygen atoms in total. The fourth-order valence-corrected chi connectivity index (χ4v) is 3.46. The Morgan fingerprint density at radius 1 is 1.14 bits per heavy atom. The van der Waals surface area contributed by atoms with Gasteiger partial charge in [-0.25, -0.2) is 4.79 Å². The van der Waals surface area contributed by atoms with Crippen molar-refractivity contribution in [2.45, 2.75) is 32.7 Å². The quantitative estimate of drug-likeness (QED) is 0.713. The van der Waals surface area contributed by atoms with E-state index >= 15 is 0 Å². The van der Waals surface area contributed by atoms with Gasteiger partial charge < -0.3 is 20.9 Å². The first-order chi connectivity index (χ1) is 13.6. The smallest absolute Gasteiger partial charge is 0.323 e. The van der Waals surface area contributed by atoms with Gasteiger partial charge in [-0.1, -0.05) is 31.2 Å². The SMILES string of the molecule is CCCN(C(=O)c1ccc(C)c(NC(=O)Nc2ccccc2)c1)C1CCNC1. The number of rotatable bonds is 6. The summed E-state index contributed by atoms with van der Waals surface area (Å²) < 4.78 is 0. The molecule has 0 bridgehead atoms. The van der Waals surface area contributed by atoms with E-state index in [-0.39, 0.29) is 18.0 Å². The molecule has 0 aliphatic carbocycles. The van der Waals surface area contributed by atoms with Gasteiger partial charge >= 0.3 is 6.03 Å². The molecule has 6 heteroatoms. The Morgan fingerprint density at radius 2 is 1.93 bits per heavy atom. The third-order valence-corrected chi connectivity index (χ3v) is 4.96. The Morgan fingerprint density at radius 3 is 2.61 bits per heavy atom. The molecular weight excluding hydrogens is 352 g/mol. The summed E-state index contributed by atoms with van der Waals surface area (Å²) in [6, 6.07) is 14.6. The van der Waals surface area contributed by atoms with Crippen LogP contribution in [0.4, 0.5) is 16.2 Å². The molecule has 1 atom stereocenters. The Kier molecular flexibility index (Phi) is 6.66. The number of nitrogens with one attached hydrogen (secondary N) is 3. The van der Waals surface area contributed by atoms with E-state index in [0.717, 1.165) is 38.0 Å². The summed E-state index contributed by atoms with van der Waals surface area (Å²) >= 11 is 0. The Bertz CT molecular complexity index is 817. The zero-order valence-electron chi connectivity index (χ0n) is 16.5. The second kappa shape index (κ2) is 9.37. The maximum atomic E-state index is 13.1. The molecule has 1 heterocycles. The molecule has 3 amide bonds. The Balaban J connectivity index is 1.74. The lowest BCUT2D eigenvalue weighted by atomic mass is 10.1. The van der Waals surface area contributed by atoms with Crippen LogP contribution in [0.5, 0.6) is 0 Å². The molecule has 3 N–H and O–H groups in total. The van der Waals surface area contributed by atoms with E-state index in [1.807, 2.05) is 54.3 Å². The lowest BCUT2D eigenvalue weighted by molar-refractivity contribution is 0.0692. The first-order valence-electron chi connectivity index (χ1n) is 9.84. The highest BCUT2D eigenvalue weighted by Gasteiger charge is 2.27. The van der Waals surface area contributed by atoms with Crippen LogP contribution >= 0.6 is 0 Å². The molecule has 1 aliphatic rings. The number of carbonyl (C=O) groups excluding carboxylic acids is 2. The summed E-state index contributed by atoms with van der Waals surface area (Å²) in [6.07, 6.45) is 1.89. The first-order valence-corrected chi connectivity index (χ1v) is 9.84. The van der Waals surface area contributed by atoms with Crippen molar-refractivity contribution in [2.75, 3.05) is 30.3 Å². The highest BCUT2D eigenvalue weighted by molar-refractivity contribution is 6.02. The van der Waals surface area contributed by atoms with Gasteiger partial charge in [-0.2, -0.15) is 0 Å². The van der Waals surface area contributed by atoms with Crippen LogP contribution in [-0.2, 0) is 0 Å². The number of carbonyl (C=O) groups is 2. The number of aryl methyl sites for hydroxylation is 1. The minimum Gasteiger partial charge on any atom is -0.334 e. The van der Waals surface area contributed by atoms with Gasteiger partial charge in [-0.05, 0) is 56.1 Å². The van der Waals surface area contributed by atoms with Crippen LogP contribution in [-0.4, -0.2) is 42.5 Å². The van der Waals surface area contributed by atoms with Gasteiger partial charge in [0.25, 0.3) is 5.91 Å². The van der Waals surface area contributed by atoms with E-state index in [1.165, 1.54) is 0 Å². The molecule has 1 aliphatic heterocycles. The standard InChI is InChI=1S/C22H28N4O2/c1-3-13-26(19-11-12-23-15-19)21(27)17-10-9-16(2)20(14-17)25-22(28)24-18-7-5-4-6-8-18/h4-10,14,19,23H,3,11-13,15H2,1-2H3,(H2,24,25,28). The predicted octanol–water partition coefficient (Wildman–Crippen LogP) is 3.85. The second-order valence-electron chi connectivity index (χ2n) is 7.12. The molecule has 3 rings (SSSR count). The van der Waals surface area contributed by atoms with Crippen molar-refractivity contribution in [1.82, 2.24) is 10.2 Å². The van der Waals surface area contributed by atoms with Gasteiger partial charge in [0.1, 0.15) is 0 Å². The number of benzene rings is 2. The fourth-order valence-electron chi connectivity index (χ4n) is 3.46. The van der Waals surface area contributed by atoms with Crippen molar-refractivity contribution in [3.05, 3.63) is 59.7 Å². The molecule has 0 spiro atoms. The average molecular weight is 380 g/mol. The molecule has 1 fully saturated rings. The molecule has 148 valence electrons. The van der Waals surface area contributed by atoms with Crippen molar-refractivity contribution in [3.8, 4) is 0 Å². The number of amides is 3. The number of hydrogen-bond acceptors (Lipinski definition) is 3. The third-order valence-electron chi connectivity index (χ3n) is 4.96. The van der Waals surface area contributed by atoms with Gasteiger partial charge in [0.15, 0.2) is 0 Å². The summed E-state index contributed by atoms with van der Waals surface area (Å²) in [5.74, 6) is 0.0158. The van der Waals surface area contributed by atoms with Crippen LogP contribution in [0.2, 0.25) is 0 Å². The van der Waals surface area contributed by atoms with E-state index in [9.17, 15) is 9.59 Å². The van der Waals surface area contributed by atoms with Gasteiger partial charge in [-0.3, -0.25) is 4.79 Å². The van der Waals surface area contributed by atoms with Crippen LogP contribution < -0.4 is 16.0 Å². The molecule has 2 aromatic carbocycles. The minimum absolute atomic E-state index is 0.0158. The summed E-state index contributed by atoms with van der Waals surface area (Å²) in [6.45, 7) is 6.51. The molecule has 1 saturated heterocycles. The topological polar surface area (TPSA) is 73.5 Å². The van der Waals surface area contributed by atoms with Crippen LogP contribution in [0.15, 0.2) is 48.5 Å². The maximum absolute atomic E-state index is 13.1. The summed E-state index contributed by atoms with van der Waals surface area (Å²) in [5, 5.41) is 8.99. The molecular formula is C22H28N4O2. The monoisotopic (exact) mass is 380 g/mol. The average Bonchev–Trinajstić information content (AvgIpc) is 3.22. The molecule has 0 aromatic heterocycles. The van der Waals surface area contributed by atoms with Crippen LogP contribution in [0.3, 0.4) is 0 Å². The van der Waals surface area contributed by atoms with Gasteiger partial charge in [-0.15, -0.1) is 0 Å². The predicted molar refractivity (Wildman–Crippen MR) is 113 cm³/mol. The lowest BCUT2D eigenvalue weighted by Gasteiger charge is -2.28. The van der Waals surface area contributed by atoms with Crippen molar-refractivity contribution in [2.24, 2.45) is 0 Å². The summed E-state index contributed by atoms with van der Waals surface area (Å²) in [4.78, 5) is 27.4. The van der Waals surface area contributed by atoms with E-state index in [4.69, 9.17) is 0 Å². The lowest BCUT2D eigenvalue weighted by Crippen LogP contribution is -2.42. The molecule has 0 saturated carbocycles. The molecule has 0 radical (unpaired) electrons. The van der Waals surface area contributed by atoms with Crippen molar-refractivity contribution in [3.63, 3.8) is 0 Å². The van der Waals surface area contributed by atoms with Crippen molar-refractivity contribution in [1.29, 1.82) is 0 Å². The zero-order chi connectivity index (χ0) is 19.9. The van der Waals surface area contributed by atoms with E-state index in [0.29, 0.717) is 16.9 Å². The molecule has 2 aromatic rings. The van der Waals surface area contributed by atoms with Crippen molar-refractivity contribution < 1.29 is 9.59 Å². The number of anilines is 2. The highest BCUT2D eigenvalue weighted by atomic mass is 16.2. The Hall–Kier alpha value is -2.86. The first kappa shape index (κ1) is 19.9. The number of hydrogen-bond donors (Lipinski definition) is 3. The highest BCUT2D eigenvalue weighted by Crippen LogP contribution is 2.21. The van der Waals surface area contributed by atoms with Crippen LogP contribution in [0.25, 0.3) is 0 Å². The minimum atomic E-state index is -0.329. The fraction of sp³-hybridized carbons (Fsp3) is 0.364. The Labute approximate surface area is 166 Å². The molecule has 1 unspecified atom stereocenters. The normalized spacial score (nSPS) is 15.9. The third kappa shape index (κ3) is 4.89. The van der Waals surface area contributed by atoms with E-state index in [1.54, 1.807) is 6.07 Å². The van der Waals surface area contributed by atoms with Crippen LogP contribution in [0, 0.1) is 6.92 Å². The second-order valence-corrected chi connectivity index (χ2v) is 7.12. The van der Waals surface area contributed by atoms with Gasteiger partial charge in [0.05, 0.1) is 0 Å². The maximum Gasteiger partial charge on any atom is 0.323 e. The van der Waals surface area contributed by atoms with E-state index < -0.39 is 0 Å². The van der Waals surface area contributed by atoms with Gasteiger partial charge in [0, 0.05) is 36.1 Å². The number of para-hydroxylation sites is 1.